The Morgan fingerprint density at radius 2 is 1.80 bits per heavy atom. The van der Waals surface area contributed by atoms with Gasteiger partial charge < -0.3 is 4.98 Å². The summed E-state index contributed by atoms with van der Waals surface area (Å²) in [6.45, 7) is 6.83. The molecule has 0 unspecified atom stereocenters. The summed E-state index contributed by atoms with van der Waals surface area (Å²) in [4.78, 5) is 3.58. The summed E-state index contributed by atoms with van der Waals surface area (Å²) >= 11 is 0. The highest BCUT2D eigenvalue weighted by Crippen LogP contribution is 2.42. The van der Waals surface area contributed by atoms with Gasteiger partial charge in [-0.3, -0.25) is 0 Å². The van der Waals surface area contributed by atoms with Crippen LogP contribution in [0.1, 0.15) is 37.6 Å². The topological polar surface area (TPSA) is 15.8 Å². The molecule has 0 saturated heterocycles. The van der Waals surface area contributed by atoms with Crippen LogP contribution in [0.15, 0.2) is 42.5 Å². The number of para-hydroxylation sites is 1. The molecular formula is C19H19N. The molecule has 2 aromatic carbocycles. The van der Waals surface area contributed by atoms with Crippen LogP contribution in [0.2, 0.25) is 0 Å². The third kappa shape index (κ3) is 1.56. The number of nitrogens with one attached hydrogen (secondary N) is 1. The summed E-state index contributed by atoms with van der Waals surface area (Å²) in [6.07, 6.45) is 1.03. The Labute approximate surface area is 119 Å². The molecule has 1 nitrogen and oxygen atoms in total. The van der Waals surface area contributed by atoms with Crippen LogP contribution in [0.4, 0.5) is 0 Å². The maximum absolute atomic E-state index is 3.58. The lowest BCUT2D eigenvalue weighted by Crippen LogP contribution is -2.10. The Hall–Kier alpha value is -2.02. The fourth-order valence-electron chi connectivity index (χ4n) is 3.26. The second-order valence-electron chi connectivity index (χ2n) is 6.82. The van der Waals surface area contributed by atoms with Crippen LogP contribution in [0.3, 0.4) is 0 Å². The molecule has 4 rings (SSSR count). The van der Waals surface area contributed by atoms with E-state index in [2.05, 4.69) is 68.2 Å². The van der Waals surface area contributed by atoms with Crippen molar-refractivity contribution in [2.24, 2.45) is 0 Å². The van der Waals surface area contributed by atoms with Gasteiger partial charge in [0.2, 0.25) is 0 Å². The maximum atomic E-state index is 3.58. The van der Waals surface area contributed by atoms with Crippen LogP contribution in [0, 0.1) is 0 Å². The fraction of sp³-hybridized carbons (Fsp3) is 0.263. The van der Waals surface area contributed by atoms with E-state index in [1.54, 1.807) is 0 Å². The van der Waals surface area contributed by atoms with Crippen molar-refractivity contribution < 1.29 is 0 Å². The molecular weight excluding hydrogens is 242 g/mol. The van der Waals surface area contributed by atoms with E-state index in [4.69, 9.17) is 0 Å². The van der Waals surface area contributed by atoms with Gasteiger partial charge in [0.25, 0.3) is 0 Å². The molecule has 1 aliphatic carbocycles. The molecule has 1 heterocycles. The molecule has 0 spiro atoms. The lowest BCUT2D eigenvalue weighted by atomic mass is 9.85. The van der Waals surface area contributed by atoms with Gasteiger partial charge in [-0.1, -0.05) is 57.2 Å². The first-order valence-electron chi connectivity index (χ1n) is 7.27. The van der Waals surface area contributed by atoms with Crippen molar-refractivity contribution in [1.82, 2.24) is 4.98 Å². The van der Waals surface area contributed by atoms with E-state index in [0.717, 1.165) is 6.42 Å². The molecule has 1 aliphatic rings. The van der Waals surface area contributed by atoms with E-state index in [1.807, 2.05) is 0 Å². The summed E-state index contributed by atoms with van der Waals surface area (Å²) in [5.74, 6) is 0. The molecule has 0 atom stereocenters. The quantitative estimate of drug-likeness (QED) is 0.456. The fourth-order valence-corrected chi connectivity index (χ4v) is 3.26. The van der Waals surface area contributed by atoms with Crippen molar-refractivity contribution in [3.8, 4) is 11.1 Å². The van der Waals surface area contributed by atoms with E-state index in [0.29, 0.717) is 0 Å². The number of H-pyrrole nitrogens is 1. The van der Waals surface area contributed by atoms with Crippen LogP contribution in [-0.2, 0) is 11.8 Å². The first kappa shape index (κ1) is 11.8. The largest absolute Gasteiger partial charge is 0.358 e. The normalized spacial score (nSPS) is 13.6. The summed E-state index contributed by atoms with van der Waals surface area (Å²) in [6, 6.07) is 15.6. The Morgan fingerprint density at radius 1 is 1.00 bits per heavy atom. The van der Waals surface area contributed by atoms with Gasteiger partial charge in [0.05, 0.1) is 0 Å². The maximum Gasteiger partial charge on any atom is 0.0462 e. The van der Waals surface area contributed by atoms with Gasteiger partial charge in [-0.05, 0) is 28.2 Å². The van der Waals surface area contributed by atoms with Gasteiger partial charge in [-0.2, -0.15) is 0 Å². The Balaban J connectivity index is 2.00. The lowest BCUT2D eigenvalue weighted by Gasteiger charge is -2.20. The average Bonchev–Trinajstić information content (AvgIpc) is 2.91. The SMILES string of the molecule is CC(C)(C)c1ccc2c(c1)-c1c([nH]c3ccccc13)C2. The van der Waals surface area contributed by atoms with Gasteiger partial charge in [-0.15, -0.1) is 0 Å². The third-order valence-electron chi connectivity index (χ3n) is 4.40. The highest BCUT2D eigenvalue weighted by molar-refractivity contribution is 6.00. The number of aromatic amines is 1. The second kappa shape index (κ2) is 3.76. The molecule has 100 valence electrons. The van der Waals surface area contributed by atoms with Crippen molar-refractivity contribution in [1.29, 1.82) is 0 Å². The molecule has 0 amide bonds. The van der Waals surface area contributed by atoms with Gasteiger partial charge in [-0.25, -0.2) is 0 Å². The number of benzene rings is 2. The zero-order valence-electron chi connectivity index (χ0n) is 12.2. The molecule has 3 aromatic rings. The molecule has 1 heteroatoms. The molecule has 20 heavy (non-hydrogen) atoms. The first-order chi connectivity index (χ1) is 9.54. The van der Waals surface area contributed by atoms with Gasteiger partial charge in [0.15, 0.2) is 0 Å². The Bertz CT molecular complexity index is 815. The van der Waals surface area contributed by atoms with Crippen LogP contribution < -0.4 is 0 Å². The molecule has 0 radical (unpaired) electrons. The number of rotatable bonds is 0. The van der Waals surface area contributed by atoms with Crippen molar-refractivity contribution >= 4 is 10.9 Å². The van der Waals surface area contributed by atoms with Gasteiger partial charge in [0, 0.05) is 28.6 Å². The predicted octanol–water partition coefficient (Wildman–Crippen LogP) is 5.04. The molecule has 0 bridgehead atoms. The summed E-state index contributed by atoms with van der Waals surface area (Å²) < 4.78 is 0. The highest BCUT2D eigenvalue weighted by atomic mass is 14.7. The van der Waals surface area contributed by atoms with E-state index in [-0.39, 0.29) is 5.41 Å². The molecule has 1 aromatic heterocycles. The molecule has 0 fully saturated rings. The van der Waals surface area contributed by atoms with Crippen molar-refractivity contribution in [3.05, 3.63) is 59.3 Å². The Kier molecular flexibility index (Phi) is 2.21. The highest BCUT2D eigenvalue weighted by Gasteiger charge is 2.25. The number of aromatic nitrogens is 1. The van der Waals surface area contributed by atoms with Gasteiger partial charge in [0.1, 0.15) is 0 Å². The third-order valence-corrected chi connectivity index (χ3v) is 4.40. The van der Waals surface area contributed by atoms with Crippen LogP contribution in [0.25, 0.3) is 22.0 Å². The lowest BCUT2D eigenvalue weighted by molar-refractivity contribution is 0.590. The van der Waals surface area contributed by atoms with Crippen molar-refractivity contribution in [2.45, 2.75) is 32.6 Å². The zero-order chi connectivity index (χ0) is 13.9. The van der Waals surface area contributed by atoms with Crippen molar-refractivity contribution in [3.63, 3.8) is 0 Å². The molecule has 0 saturated carbocycles. The van der Waals surface area contributed by atoms with Crippen LogP contribution >= 0.6 is 0 Å². The molecule has 1 N–H and O–H groups in total. The summed E-state index contributed by atoms with van der Waals surface area (Å²) in [7, 11) is 0. The minimum absolute atomic E-state index is 0.198. The standard InChI is InChI=1S/C19H19N/c1-19(2,3)13-9-8-12-10-17-18(15(12)11-13)14-6-4-5-7-16(14)20-17/h4-9,11,20H,10H2,1-3H3. The van der Waals surface area contributed by atoms with E-state index in [1.165, 1.54) is 38.9 Å². The number of hydrogen-bond donors (Lipinski definition) is 1. The zero-order valence-corrected chi connectivity index (χ0v) is 12.2. The average molecular weight is 261 g/mol. The van der Waals surface area contributed by atoms with E-state index >= 15 is 0 Å². The van der Waals surface area contributed by atoms with E-state index < -0.39 is 0 Å². The van der Waals surface area contributed by atoms with Crippen molar-refractivity contribution in [2.75, 3.05) is 0 Å². The molecule has 0 aliphatic heterocycles. The smallest absolute Gasteiger partial charge is 0.0462 e. The number of fused-ring (bicyclic) bond motifs is 5. The van der Waals surface area contributed by atoms with E-state index in [9.17, 15) is 0 Å². The summed E-state index contributed by atoms with van der Waals surface area (Å²) in [5.41, 5.74) is 8.52. The summed E-state index contributed by atoms with van der Waals surface area (Å²) in [5, 5.41) is 1.35. The second-order valence-corrected chi connectivity index (χ2v) is 6.82. The van der Waals surface area contributed by atoms with Gasteiger partial charge >= 0.3 is 0 Å². The van der Waals surface area contributed by atoms with Crippen LogP contribution in [0.5, 0.6) is 0 Å². The minimum atomic E-state index is 0.198. The first-order valence-corrected chi connectivity index (χ1v) is 7.27. The number of hydrogen-bond acceptors (Lipinski definition) is 0. The van der Waals surface area contributed by atoms with Crippen LogP contribution in [-0.4, -0.2) is 4.98 Å². The minimum Gasteiger partial charge on any atom is -0.358 e. The monoisotopic (exact) mass is 261 g/mol. The predicted molar refractivity (Wildman–Crippen MR) is 85.2 cm³/mol. The Morgan fingerprint density at radius 3 is 2.60 bits per heavy atom.